The first-order chi connectivity index (χ1) is 7.67. The fraction of sp³-hybridized carbons (Fsp3) is 0.455. The third kappa shape index (κ3) is 4.02. The predicted molar refractivity (Wildman–Crippen MR) is 72.8 cm³/mol. The number of hydrogen-bond acceptors (Lipinski definition) is 3. The lowest BCUT2D eigenvalue weighted by Gasteiger charge is -2.18. The van der Waals surface area contributed by atoms with Crippen molar-refractivity contribution >= 4 is 34.2 Å². The van der Waals surface area contributed by atoms with Crippen LogP contribution in [0.4, 0.5) is 5.69 Å². The van der Waals surface area contributed by atoms with Gasteiger partial charge in [-0.15, -0.1) is 0 Å². The molecule has 0 bridgehead atoms. The molecule has 0 unspecified atom stereocenters. The zero-order valence-electron chi connectivity index (χ0n) is 9.77. The molecule has 0 amide bonds. The number of halogens is 1. The molecule has 0 radical (unpaired) electrons. The van der Waals surface area contributed by atoms with Gasteiger partial charge in [0, 0.05) is 13.6 Å². The summed E-state index contributed by atoms with van der Waals surface area (Å²) < 4.78 is 0. The molecule has 0 aliphatic rings. The molecule has 16 heavy (non-hydrogen) atoms. The van der Waals surface area contributed by atoms with Crippen molar-refractivity contribution in [2.45, 2.75) is 13.3 Å². The van der Waals surface area contributed by atoms with E-state index in [2.05, 4.69) is 21.8 Å². The summed E-state index contributed by atoms with van der Waals surface area (Å²) in [5.41, 5.74) is 0.830. The molecule has 0 aliphatic carbocycles. The molecule has 1 aromatic heterocycles. The van der Waals surface area contributed by atoms with Gasteiger partial charge in [0.15, 0.2) is 5.17 Å². The Hall–Kier alpha value is -0.740. The highest BCUT2D eigenvalue weighted by atomic mass is 35.5. The topological polar surface area (TPSA) is 28.5 Å². The van der Waals surface area contributed by atoms with E-state index in [1.807, 2.05) is 19.4 Å². The number of thioether (sulfide) groups is 1. The second-order valence-corrected chi connectivity index (χ2v) is 4.52. The van der Waals surface area contributed by atoms with E-state index < -0.39 is 0 Å². The molecule has 0 spiro atoms. The maximum Gasteiger partial charge on any atom is 0.163 e. The highest BCUT2D eigenvalue weighted by molar-refractivity contribution is 8.13. The van der Waals surface area contributed by atoms with Gasteiger partial charge >= 0.3 is 0 Å². The van der Waals surface area contributed by atoms with Gasteiger partial charge in [0.05, 0.1) is 11.9 Å². The van der Waals surface area contributed by atoms with E-state index in [1.165, 1.54) is 0 Å². The van der Waals surface area contributed by atoms with Gasteiger partial charge in [-0.3, -0.25) is 0 Å². The van der Waals surface area contributed by atoms with E-state index in [0.717, 1.165) is 23.8 Å². The molecule has 0 aromatic carbocycles. The van der Waals surface area contributed by atoms with Gasteiger partial charge < -0.3 is 4.90 Å². The number of aromatic nitrogens is 1. The molecule has 1 heterocycles. The zero-order chi connectivity index (χ0) is 12.0. The van der Waals surface area contributed by atoms with E-state index in [1.54, 1.807) is 24.0 Å². The van der Waals surface area contributed by atoms with Crippen molar-refractivity contribution in [3.8, 4) is 0 Å². The Kier molecular flexibility index (Phi) is 5.63. The molecule has 1 rings (SSSR count). The Balaban J connectivity index is 2.82. The van der Waals surface area contributed by atoms with Crippen molar-refractivity contribution in [1.82, 2.24) is 9.88 Å². The van der Waals surface area contributed by atoms with Crippen LogP contribution in [0.15, 0.2) is 23.3 Å². The molecular weight excluding hydrogens is 242 g/mol. The first kappa shape index (κ1) is 13.3. The largest absolute Gasteiger partial charge is 0.354 e. The van der Waals surface area contributed by atoms with Crippen molar-refractivity contribution in [2.75, 3.05) is 19.8 Å². The van der Waals surface area contributed by atoms with Crippen LogP contribution in [0, 0.1) is 0 Å². The smallest absolute Gasteiger partial charge is 0.163 e. The summed E-state index contributed by atoms with van der Waals surface area (Å²) in [5.74, 6) is 0. The standard InChI is InChI=1S/C11H16ClN3S/c1-4-7-15(2)11(16-3)14-9-5-6-10(12)13-8-9/h5-6,8H,4,7H2,1-3H3. The average molecular weight is 258 g/mol. The van der Waals surface area contributed by atoms with Gasteiger partial charge in [0.25, 0.3) is 0 Å². The monoisotopic (exact) mass is 257 g/mol. The minimum atomic E-state index is 0.492. The third-order valence-corrected chi connectivity index (χ3v) is 3.00. The number of hydrogen-bond donors (Lipinski definition) is 0. The quantitative estimate of drug-likeness (QED) is 0.472. The lowest BCUT2D eigenvalue weighted by molar-refractivity contribution is 0.510. The summed E-state index contributed by atoms with van der Waals surface area (Å²) in [6, 6.07) is 3.61. The maximum absolute atomic E-state index is 5.72. The van der Waals surface area contributed by atoms with E-state index in [-0.39, 0.29) is 0 Å². The molecule has 0 saturated carbocycles. The predicted octanol–water partition coefficient (Wildman–Crippen LogP) is 3.43. The van der Waals surface area contributed by atoms with Crippen molar-refractivity contribution in [3.05, 3.63) is 23.5 Å². The van der Waals surface area contributed by atoms with Crippen molar-refractivity contribution < 1.29 is 0 Å². The summed E-state index contributed by atoms with van der Waals surface area (Å²) in [5, 5.41) is 1.48. The van der Waals surface area contributed by atoms with E-state index in [9.17, 15) is 0 Å². The van der Waals surface area contributed by atoms with E-state index in [4.69, 9.17) is 11.6 Å². The van der Waals surface area contributed by atoms with Crippen LogP contribution in [0.1, 0.15) is 13.3 Å². The SMILES string of the molecule is CCCN(C)C(=Nc1ccc(Cl)nc1)SC. The molecule has 3 nitrogen and oxygen atoms in total. The van der Waals surface area contributed by atoms with E-state index >= 15 is 0 Å². The van der Waals surface area contributed by atoms with Gasteiger partial charge in [-0.25, -0.2) is 9.98 Å². The van der Waals surface area contributed by atoms with Gasteiger partial charge in [-0.05, 0) is 24.8 Å². The van der Waals surface area contributed by atoms with Crippen LogP contribution in [-0.4, -0.2) is 34.9 Å². The van der Waals surface area contributed by atoms with Gasteiger partial charge in [-0.1, -0.05) is 30.3 Å². The molecular formula is C11H16ClN3S. The Labute approximate surface area is 106 Å². The summed E-state index contributed by atoms with van der Waals surface area (Å²) in [6.45, 7) is 3.15. The normalized spacial score (nSPS) is 11.6. The molecule has 0 N–H and O–H groups in total. The number of nitrogens with zero attached hydrogens (tertiary/aromatic N) is 3. The first-order valence-electron chi connectivity index (χ1n) is 5.12. The summed E-state index contributed by atoms with van der Waals surface area (Å²) in [6.07, 6.45) is 4.81. The number of aliphatic imine (C=N–C) groups is 1. The van der Waals surface area contributed by atoms with Crippen LogP contribution in [0.25, 0.3) is 0 Å². The highest BCUT2D eigenvalue weighted by Crippen LogP contribution is 2.16. The second-order valence-electron chi connectivity index (χ2n) is 3.36. The minimum Gasteiger partial charge on any atom is -0.354 e. The maximum atomic E-state index is 5.72. The number of pyridine rings is 1. The van der Waals surface area contributed by atoms with Crippen LogP contribution in [0.3, 0.4) is 0 Å². The summed E-state index contributed by atoms with van der Waals surface area (Å²) >= 11 is 7.35. The lowest BCUT2D eigenvalue weighted by atomic mass is 10.4. The van der Waals surface area contributed by atoms with Crippen molar-refractivity contribution in [1.29, 1.82) is 0 Å². The number of rotatable bonds is 3. The lowest BCUT2D eigenvalue weighted by Crippen LogP contribution is -2.24. The Morgan fingerprint density at radius 1 is 1.56 bits per heavy atom. The molecule has 0 fully saturated rings. The molecule has 1 aromatic rings. The molecule has 5 heteroatoms. The minimum absolute atomic E-state index is 0.492. The van der Waals surface area contributed by atoms with Gasteiger partial charge in [0.1, 0.15) is 5.15 Å². The van der Waals surface area contributed by atoms with Crippen molar-refractivity contribution in [3.63, 3.8) is 0 Å². The van der Waals surface area contributed by atoms with Crippen LogP contribution >= 0.6 is 23.4 Å². The van der Waals surface area contributed by atoms with Gasteiger partial charge in [-0.2, -0.15) is 0 Å². The van der Waals surface area contributed by atoms with Crippen LogP contribution in [0.5, 0.6) is 0 Å². The Morgan fingerprint density at radius 2 is 2.31 bits per heavy atom. The molecule has 88 valence electrons. The highest BCUT2D eigenvalue weighted by Gasteiger charge is 2.04. The number of amidine groups is 1. The summed E-state index contributed by atoms with van der Waals surface area (Å²) in [4.78, 5) is 10.7. The first-order valence-corrected chi connectivity index (χ1v) is 6.73. The average Bonchev–Trinajstić information content (AvgIpc) is 2.28. The van der Waals surface area contributed by atoms with Crippen molar-refractivity contribution in [2.24, 2.45) is 4.99 Å². The Morgan fingerprint density at radius 3 is 2.81 bits per heavy atom. The molecule has 0 atom stereocenters. The van der Waals surface area contributed by atoms with Crippen LogP contribution < -0.4 is 0 Å². The van der Waals surface area contributed by atoms with Gasteiger partial charge in [0.2, 0.25) is 0 Å². The molecule has 0 saturated heterocycles. The molecule has 0 aliphatic heterocycles. The van der Waals surface area contributed by atoms with Crippen LogP contribution in [-0.2, 0) is 0 Å². The fourth-order valence-electron chi connectivity index (χ4n) is 1.26. The fourth-order valence-corrected chi connectivity index (χ4v) is 1.97. The third-order valence-electron chi connectivity index (χ3n) is 2.00. The Bertz CT molecular complexity index is 351. The van der Waals surface area contributed by atoms with Crippen LogP contribution in [0.2, 0.25) is 5.15 Å². The van der Waals surface area contributed by atoms with E-state index in [0.29, 0.717) is 5.15 Å². The zero-order valence-corrected chi connectivity index (χ0v) is 11.3. The second kappa shape index (κ2) is 6.76. The summed E-state index contributed by atoms with van der Waals surface area (Å²) in [7, 11) is 2.04.